The molecule has 0 spiro atoms. The minimum Gasteiger partial charge on any atom is -0.466 e. The lowest BCUT2D eigenvalue weighted by Crippen LogP contribution is -2.27. The fourth-order valence-corrected chi connectivity index (χ4v) is 1.26. The van der Waals surface area contributed by atoms with Gasteiger partial charge in [-0.1, -0.05) is 19.8 Å². The standard InChI is InChI=1S/C10H21NO2/c1-4-6-7-9(8-11-3)10(12)13-5-2/h9,11H,4-8H2,1-3H3. The van der Waals surface area contributed by atoms with Gasteiger partial charge < -0.3 is 10.1 Å². The van der Waals surface area contributed by atoms with Crippen LogP contribution in [-0.2, 0) is 9.53 Å². The summed E-state index contributed by atoms with van der Waals surface area (Å²) in [5, 5.41) is 3.02. The molecule has 0 aliphatic rings. The fourth-order valence-electron chi connectivity index (χ4n) is 1.26. The molecule has 0 amide bonds. The van der Waals surface area contributed by atoms with Gasteiger partial charge in [0.2, 0.25) is 0 Å². The van der Waals surface area contributed by atoms with Crippen LogP contribution < -0.4 is 5.32 Å². The highest BCUT2D eigenvalue weighted by atomic mass is 16.5. The van der Waals surface area contributed by atoms with Gasteiger partial charge >= 0.3 is 5.97 Å². The average molecular weight is 187 g/mol. The Bertz CT molecular complexity index is 137. The van der Waals surface area contributed by atoms with Gasteiger partial charge in [0.1, 0.15) is 0 Å². The Morgan fingerprint density at radius 1 is 1.46 bits per heavy atom. The van der Waals surface area contributed by atoms with E-state index in [-0.39, 0.29) is 11.9 Å². The summed E-state index contributed by atoms with van der Waals surface area (Å²) in [6.07, 6.45) is 3.14. The Hall–Kier alpha value is -0.570. The van der Waals surface area contributed by atoms with Crippen LogP contribution >= 0.6 is 0 Å². The summed E-state index contributed by atoms with van der Waals surface area (Å²) in [5.41, 5.74) is 0. The van der Waals surface area contributed by atoms with Crippen LogP contribution in [0.5, 0.6) is 0 Å². The van der Waals surface area contributed by atoms with Crippen molar-refractivity contribution >= 4 is 5.97 Å². The minimum absolute atomic E-state index is 0.0323. The van der Waals surface area contributed by atoms with Gasteiger partial charge in [0.15, 0.2) is 0 Å². The second kappa shape index (κ2) is 8.05. The fraction of sp³-hybridized carbons (Fsp3) is 0.900. The lowest BCUT2D eigenvalue weighted by Gasteiger charge is -2.14. The maximum atomic E-state index is 11.4. The van der Waals surface area contributed by atoms with Gasteiger partial charge in [0, 0.05) is 6.54 Å². The van der Waals surface area contributed by atoms with Crippen molar-refractivity contribution in [2.24, 2.45) is 5.92 Å². The first-order chi connectivity index (χ1) is 6.26. The van der Waals surface area contributed by atoms with E-state index in [1.807, 2.05) is 14.0 Å². The van der Waals surface area contributed by atoms with Crippen molar-refractivity contribution in [2.45, 2.75) is 33.1 Å². The van der Waals surface area contributed by atoms with Gasteiger partial charge in [0.25, 0.3) is 0 Å². The zero-order chi connectivity index (χ0) is 10.1. The number of esters is 1. The molecule has 0 bridgehead atoms. The molecule has 0 radical (unpaired) electrons. The maximum absolute atomic E-state index is 11.4. The Balaban J connectivity index is 3.83. The first-order valence-corrected chi connectivity index (χ1v) is 5.07. The zero-order valence-electron chi connectivity index (χ0n) is 8.93. The number of carbonyl (C=O) groups excluding carboxylic acids is 1. The van der Waals surface area contributed by atoms with Crippen LogP contribution in [0.25, 0.3) is 0 Å². The number of hydrogen-bond acceptors (Lipinski definition) is 3. The molecular weight excluding hydrogens is 166 g/mol. The molecule has 1 atom stereocenters. The maximum Gasteiger partial charge on any atom is 0.310 e. The topological polar surface area (TPSA) is 38.3 Å². The van der Waals surface area contributed by atoms with Gasteiger partial charge in [0.05, 0.1) is 12.5 Å². The summed E-state index contributed by atoms with van der Waals surface area (Å²) in [6, 6.07) is 0. The first kappa shape index (κ1) is 12.4. The number of unbranched alkanes of at least 4 members (excludes halogenated alkanes) is 1. The molecule has 13 heavy (non-hydrogen) atoms. The van der Waals surface area contributed by atoms with Crippen LogP contribution in [0.3, 0.4) is 0 Å². The van der Waals surface area contributed by atoms with Crippen LogP contribution in [0.15, 0.2) is 0 Å². The van der Waals surface area contributed by atoms with Crippen molar-refractivity contribution in [3.63, 3.8) is 0 Å². The van der Waals surface area contributed by atoms with Crippen molar-refractivity contribution in [1.82, 2.24) is 5.32 Å². The van der Waals surface area contributed by atoms with E-state index in [9.17, 15) is 4.79 Å². The van der Waals surface area contributed by atoms with Crippen LogP contribution in [-0.4, -0.2) is 26.2 Å². The predicted octanol–water partition coefficient (Wildman–Crippen LogP) is 1.58. The smallest absolute Gasteiger partial charge is 0.310 e. The van der Waals surface area contributed by atoms with E-state index >= 15 is 0 Å². The van der Waals surface area contributed by atoms with Crippen molar-refractivity contribution < 1.29 is 9.53 Å². The van der Waals surface area contributed by atoms with E-state index in [0.717, 1.165) is 25.8 Å². The molecule has 1 N–H and O–H groups in total. The molecular formula is C10H21NO2. The van der Waals surface area contributed by atoms with Gasteiger partial charge in [-0.25, -0.2) is 0 Å². The Kier molecular flexibility index (Phi) is 7.69. The molecule has 0 heterocycles. The number of hydrogen-bond donors (Lipinski definition) is 1. The normalized spacial score (nSPS) is 12.5. The van der Waals surface area contributed by atoms with E-state index < -0.39 is 0 Å². The zero-order valence-corrected chi connectivity index (χ0v) is 8.93. The summed E-state index contributed by atoms with van der Waals surface area (Å²) in [7, 11) is 1.86. The third-order valence-electron chi connectivity index (χ3n) is 1.98. The van der Waals surface area contributed by atoms with E-state index in [1.54, 1.807) is 0 Å². The van der Waals surface area contributed by atoms with Crippen molar-refractivity contribution in [2.75, 3.05) is 20.2 Å². The number of carbonyl (C=O) groups is 1. The molecule has 0 saturated carbocycles. The molecule has 0 saturated heterocycles. The third-order valence-corrected chi connectivity index (χ3v) is 1.98. The van der Waals surface area contributed by atoms with Crippen LogP contribution in [0.1, 0.15) is 33.1 Å². The summed E-state index contributed by atoms with van der Waals surface area (Å²) in [6.45, 7) is 5.17. The Morgan fingerprint density at radius 2 is 2.15 bits per heavy atom. The van der Waals surface area contributed by atoms with Gasteiger partial charge in [-0.2, -0.15) is 0 Å². The van der Waals surface area contributed by atoms with E-state index in [0.29, 0.717) is 6.61 Å². The summed E-state index contributed by atoms with van der Waals surface area (Å²) >= 11 is 0. The number of nitrogens with one attached hydrogen (secondary N) is 1. The summed E-state index contributed by atoms with van der Waals surface area (Å²) < 4.78 is 4.97. The molecule has 0 aromatic rings. The predicted molar refractivity (Wildman–Crippen MR) is 53.6 cm³/mol. The van der Waals surface area contributed by atoms with E-state index in [4.69, 9.17) is 4.74 Å². The van der Waals surface area contributed by atoms with Crippen molar-refractivity contribution in [3.8, 4) is 0 Å². The second-order valence-electron chi connectivity index (χ2n) is 3.15. The highest BCUT2D eigenvalue weighted by molar-refractivity contribution is 5.72. The van der Waals surface area contributed by atoms with E-state index in [1.165, 1.54) is 0 Å². The molecule has 1 unspecified atom stereocenters. The van der Waals surface area contributed by atoms with E-state index in [2.05, 4.69) is 12.2 Å². The SMILES string of the molecule is CCCCC(CNC)C(=O)OCC. The Labute approximate surface area is 80.8 Å². The van der Waals surface area contributed by atoms with Gasteiger partial charge in [-0.05, 0) is 20.4 Å². The highest BCUT2D eigenvalue weighted by Gasteiger charge is 2.17. The lowest BCUT2D eigenvalue weighted by atomic mass is 10.0. The minimum atomic E-state index is -0.0645. The summed E-state index contributed by atoms with van der Waals surface area (Å²) in [4.78, 5) is 11.4. The molecule has 3 heteroatoms. The quantitative estimate of drug-likeness (QED) is 0.615. The molecule has 0 fully saturated rings. The molecule has 0 aliphatic heterocycles. The number of ether oxygens (including phenoxy) is 1. The molecule has 78 valence electrons. The van der Waals surface area contributed by atoms with Gasteiger partial charge in [-0.15, -0.1) is 0 Å². The monoisotopic (exact) mass is 187 g/mol. The number of rotatable bonds is 7. The first-order valence-electron chi connectivity index (χ1n) is 5.07. The molecule has 0 aromatic carbocycles. The molecule has 0 rings (SSSR count). The van der Waals surface area contributed by atoms with Crippen LogP contribution in [0.2, 0.25) is 0 Å². The Morgan fingerprint density at radius 3 is 2.62 bits per heavy atom. The van der Waals surface area contributed by atoms with Crippen LogP contribution in [0.4, 0.5) is 0 Å². The highest BCUT2D eigenvalue weighted by Crippen LogP contribution is 2.09. The third kappa shape index (κ3) is 5.64. The lowest BCUT2D eigenvalue weighted by molar-refractivity contribution is -0.148. The van der Waals surface area contributed by atoms with Crippen molar-refractivity contribution in [1.29, 1.82) is 0 Å². The van der Waals surface area contributed by atoms with Gasteiger partial charge in [-0.3, -0.25) is 4.79 Å². The average Bonchev–Trinajstić information content (AvgIpc) is 2.12. The van der Waals surface area contributed by atoms with Crippen LogP contribution in [0, 0.1) is 5.92 Å². The summed E-state index contributed by atoms with van der Waals surface area (Å²) in [5.74, 6) is -0.0322. The van der Waals surface area contributed by atoms with Crippen molar-refractivity contribution in [3.05, 3.63) is 0 Å². The second-order valence-corrected chi connectivity index (χ2v) is 3.15. The molecule has 3 nitrogen and oxygen atoms in total. The molecule has 0 aromatic heterocycles. The molecule has 0 aliphatic carbocycles. The largest absolute Gasteiger partial charge is 0.466 e.